The lowest BCUT2D eigenvalue weighted by Gasteiger charge is -2.36. The quantitative estimate of drug-likeness (QED) is 0.0671. The molecule has 3 aliphatic heterocycles. The molecule has 2 N–H and O–H groups in total. The summed E-state index contributed by atoms with van der Waals surface area (Å²) >= 11 is 13.1. The molecule has 12 rings (SSSR count). The maximum Gasteiger partial charge on any atom is 0.294 e. The smallest absolute Gasteiger partial charge is 0.294 e. The first-order valence-electron chi connectivity index (χ1n) is 28.8. The van der Waals surface area contributed by atoms with Crippen molar-refractivity contribution in [1.82, 2.24) is 44.7 Å². The minimum atomic E-state index is -0.601. The van der Waals surface area contributed by atoms with Gasteiger partial charge in [0.15, 0.2) is 11.6 Å². The van der Waals surface area contributed by atoms with Crippen LogP contribution in [-0.2, 0) is 11.8 Å². The van der Waals surface area contributed by atoms with Gasteiger partial charge in [-0.25, -0.2) is 14.3 Å². The fourth-order valence-electron chi connectivity index (χ4n) is 11.0. The molecule has 94 heavy (non-hydrogen) atoms. The van der Waals surface area contributed by atoms with Crippen LogP contribution in [0.3, 0.4) is 0 Å². The number of para-hydroxylation sites is 2. The third kappa shape index (κ3) is 13.6. The molecule has 0 saturated carbocycles. The molecule has 3 fully saturated rings. The largest absolute Gasteiger partial charge is 0.496 e. The van der Waals surface area contributed by atoms with Gasteiger partial charge in [-0.15, -0.1) is 5.10 Å². The molecule has 4 amide bonds. The number of rotatable bonds is 16. The van der Waals surface area contributed by atoms with Crippen LogP contribution in [-0.4, -0.2) is 158 Å². The molecule has 6 aromatic carbocycles. The summed E-state index contributed by atoms with van der Waals surface area (Å²) in [6.45, 7) is 9.63. The predicted molar refractivity (Wildman–Crippen MR) is 352 cm³/mol. The number of piperazine rings is 2. The van der Waals surface area contributed by atoms with E-state index in [1.54, 1.807) is 98.7 Å². The number of nitrogens with one attached hydrogen (secondary N) is 2. The molecule has 3 aromatic heterocycles. The molecule has 0 bridgehead atoms. The maximum absolute atomic E-state index is 13.7. The van der Waals surface area contributed by atoms with Crippen LogP contribution in [0.4, 0.5) is 39.8 Å². The van der Waals surface area contributed by atoms with E-state index in [1.165, 1.54) is 46.3 Å². The van der Waals surface area contributed by atoms with E-state index in [-0.39, 0.29) is 52.0 Å². The number of amides is 4. The Morgan fingerprint density at radius 1 is 0.649 bits per heavy atom. The second kappa shape index (κ2) is 28.4. The molecule has 0 aliphatic carbocycles. The normalized spacial score (nSPS) is 13.7. The van der Waals surface area contributed by atoms with E-state index in [0.29, 0.717) is 151 Å². The number of methoxy groups -OCH3 is 2. The summed E-state index contributed by atoms with van der Waals surface area (Å²) in [4.78, 5) is 89.4. The first kappa shape index (κ1) is 65.6. The van der Waals surface area contributed by atoms with Crippen molar-refractivity contribution in [2.24, 2.45) is 7.05 Å². The van der Waals surface area contributed by atoms with Crippen molar-refractivity contribution >= 4 is 86.6 Å². The minimum absolute atomic E-state index is 0. The monoisotopic (exact) mass is 1320 g/mol. The summed E-state index contributed by atoms with van der Waals surface area (Å²) < 4.78 is 24.7. The minimum Gasteiger partial charge on any atom is -0.496 e. The van der Waals surface area contributed by atoms with Crippen molar-refractivity contribution in [2.45, 2.75) is 14.4 Å². The van der Waals surface area contributed by atoms with E-state index >= 15 is 0 Å². The van der Waals surface area contributed by atoms with Gasteiger partial charge in [-0.1, -0.05) is 65.3 Å². The van der Waals surface area contributed by atoms with Crippen molar-refractivity contribution < 1.29 is 47.8 Å². The number of aromatic nitrogens is 7. The first-order valence-corrected chi connectivity index (χ1v) is 29.6. The highest BCUT2D eigenvalue weighted by atomic mass is 35.5. The highest BCUT2D eigenvalue weighted by Gasteiger charge is 2.34. The van der Waals surface area contributed by atoms with Crippen molar-refractivity contribution in [3.05, 3.63) is 205 Å². The summed E-state index contributed by atoms with van der Waals surface area (Å²) in [6.07, 6.45) is 2.92. The van der Waals surface area contributed by atoms with Gasteiger partial charge in [-0.3, -0.25) is 39.4 Å². The number of halogens is 2. The highest BCUT2D eigenvalue weighted by Crippen LogP contribution is 2.41. The molecule has 0 atom stereocenters. The van der Waals surface area contributed by atoms with Gasteiger partial charge in [-0.05, 0) is 98.4 Å². The number of ether oxygens (including phenoxy) is 3. The zero-order valence-electron chi connectivity index (χ0n) is 50.4. The first-order chi connectivity index (χ1) is 44.9. The Morgan fingerprint density at radius 2 is 1.14 bits per heavy atom. The second-order valence-corrected chi connectivity index (χ2v) is 22.0. The third-order valence-corrected chi connectivity index (χ3v) is 16.4. The molecule has 28 nitrogen and oxygen atoms in total. The Morgan fingerprint density at radius 3 is 1.61 bits per heavy atom. The third-order valence-electron chi connectivity index (χ3n) is 15.8. The van der Waals surface area contributed by atoms with Crippen molar-refractivity contribution in [1.29, 1.82) is 0 Å². The number of hydrogen-bond acceptors (Lipinski definition) is 20. The van der Waals surface area contributed by atoms with E-state index in [0.717, 1.165) is 5.69 Å². The lowest BCUT2D eigenvalue weighted by atomic mass is 10.0. The second-order valence-electron chi connectivity index (χ2n) is 21.2. The average Bonchev–Trinajstić information content (AvgIpc) is 1.52. The van der Waals surface area contributed by atoms with Gasteiger partial charge in [0.05, 0.1) is 57.7 Å². The van der Waals surface area contributed by atoms with Gasteiger partial charge in [0.25, 0.3) is 35.0 Å². The molecule has 3 aliphatic rings. The van der Waals surface area contributed by atoms with E-state index in [2.05, 4.69) is 42.8 Å². The van der Waals surface area contributed by atoms with Crippen LogP contribution in [0.15, 0.2) is 151 Å². The number of carbonyl (C=O) groups excluding carboxylic acids is 4. The average molecular weight is 1320 g/mol. The Hall–Kier alpha value is -11.4. The summed E-state index contributed by atoms with van der Waals surface area (Å²) in [5, 5.41) is 46.0. The maximum atomic E-state index is 13.7. The standard InChI is InChI=1S/C32H31ClN8O6.C31H27ClN8O6.CH4/c1-20-40(16-17-47-20)22-10-8-21(9-11-22)31(42)34-25-19-26(24(33)18-27(25)41(44)45)38-12-14-39(15-13-38)32(43)30-29(35-36-37(30)2)23-6-4-5-7-28(23)46-3;1-19-28(29(36-46-19)22-5-3-4-6-27(22)45-2)31(42)38-13-11-37(12-14-38)25-16-24(26(40(43)44)15-23(25)32)35-30(41)20-7-9-21(10-8-20)39-18-33-17-34-39;/h4-11,18-19H,1,12-17H2,2-3H3,(H,34,42);3-10,15-18H,11-14H2,1-2H3,(H,35,41);1H4. The molecule has 0 spiro atoms. The number of nitro benzene ring substituents is 2. The Balaban J connectivity index is 0.000000203. The van der Waals surface area contributed by atoms with Gasteiger partial charge in [0.1, 0.15) is 64.8 Å². The van der Waals surface area contributed by atoms with Gasteiger partial charge < -0.3 is 53.9 Å². The topological polar surface area (TPSA) is 310 Å². The van der Waals surface area contributed by atoms with Crippen LogP contribution >= 0.6 is 23.2 Å². The Bertz CT molecular complexity index is 4340. The summed E-state index contributed by atoms with van der Waals surface area (Å²) in [5.74, 6) is 0.522. The molecular weight excluding hydrogens is 1260 g/mol. The Kier molecular flexibility index (Phi) is 19.8. The van der Waals surface area contributed by atoms with E-state index < -0.39 is 21.7 Å². The zero-order valence-corrected chi connectivity index (χ0v) is 51.9. The van der Waals surface area contributed by atoms with Crippen molar-refractivity contribution in [3.8, 4) is 39.7 Å². The number of anilines is 5. The van der Waals surface area contributed by atoms with E-state index in [4.69, 9.17) is 41.9 Å². The van der Waals surface area contributed by atoms with Crippen molar-refractivity contribution in [3.63, 3.8) is 0 Å². The number of carbonyl (C=O) groups is 4. The summed E-state index contributed by atoms with van der Waals surface area (Å²) in [6, 6.07) is 33.3. The van der Waals surface area contributed by atoms with Crippen LogP contribution in [0.1, 0.15) is 54.7 Å². The van der Waals surface area contributed by atoms with Crippen LogP contribution in [0.5, 0.6) is 11.5 Å². The molecule has 3 saturated heterocycles. The molecule has 484 valence electrons. The molecule has 0 unspecified atom stereocenters. The van der Waals surface area contributed by atoms with E-state index in [9.17, 15) is 39.4 Å². The fraction of sp³-hybridized carbons (Fsp3) is 0.234. The highest BCUT2D eigenvalue weighted by molar-refractivity contribution is 6.34. The lowest BCUT2D eigenvalue weighted by Crippen LogP contribution is -2.49. The van der Waals surface area contributed by atoms with Crippen LogP contribution < -0.4 is 34.8 Å². The molecule has 0 radical (unpaired) electrons. The predicted octanol–water partition coefficient (Wildman–Crippen LogP) is 10.2. The molecular formula is C64H62Cl2N16O12. The zero-order chi connectivity index (χ0) is 65.6. The Labute approximate surface area is 547 Å². The van der Waals surface area contributed by atoms with Crippen LogP contribution in [0.2, 0.25) is 10.0 Å². The van der Waals surface area contributed by atoms with Crippen LogP contribution in [0.25, 0.3) is 28.2 Å². The summed E-state index contributed by atoms with van der Waals surface area (Å²) in [7, 11) is 4.76. The number of hydrogen-bond donors (Lipinski definition) is 2. The van der Waals surface area contributed by atoms with Crippen molar-refractivity contribution in [2.75, 3.05) is 105 Å². The van der Waals surface area contributed by atoms with Gasteiger partial charge in [0, 0.05) is 99.5 Å². The number of nitrogens with zero attached hydrogens (tertiary/aromatic N) is 14. The lowest BCUT2D eigenvalue weighted by molar-refractivity contribution is -0.384. The SMILES string of the molecule is C.C=C1OCCN1c1ccc(C(=O)Nc2cc(N3CCN(C(=O)c4c(-c5ccccc5OC)nnn4C)CC3)c(Cl)cc2[N+](=O)[O-])cc1.COc1ccccc1-c1noc(C)c1C(=O)N1CCN(c2cc(NC(=O)c3ccc(-n4cncn4)cc3)c([N+](=O)[O-])cc2Cl)CC1. The molecule has 30 heteroatoms. The van der Waals surface area contributed by atoms with Gasteiger partial charge in [-0.2, -0.15) is 5.10 Å². The fourth-order valence-corrected chi connectivity index (χ4v) is 11.5. The molecule has 6 heterocycles. The van der Waals surface area contributed by atoms with Gasteiger partial charge in [0.2, 0.25) is 0 Å². The van der Waals surface area contributed by atoms with Gasteiger partial charge >= 0.3 is 0 Å². The number of nitro groups is 2. The molecule has 9 aromatic rings. The number of aryl methyl sites for hydroxylation is 2. The van der Waals surface area contributed by atoms with E-state index in [1.807, 2.05) is 51.1 Å². The summed E-state index contributed by atoms with van der Waals surface area (Å²) in [5.41, 5.74) is 5.22. The van der Waals surface area contributed by atoms with Crippen LogP contribution in [0, 0.1) is 27.2 Å². The number of benzene rings is 6.